The lowest BCUT2D eigenvalue weighted by Crippen LogP contribution is -2.47. The van der Waals surface area contributed by atoms with Gasteiger partial charge in [-0.1, -0.05) is 0 Å². The third-order valence-corrected chi connectivity index (χ3v) is 3.99. The van der Waals surface area contributed by atoms with Crippen molar-refractivity contribution in [3.8, 4) is 6.07 Å². The summed E-state index contributed by atoms with van der Waals surface area (Å²) in [5.41, 5.74) is -0.394. The van der Waals surface area contributed by atoms with Crippen molar-refractivity contribution in [3.05, 3.63) is 0 Å². The zero-order chi connectivity index (χ0) is 12.9. The number of hydrogen-bond acceptors (Lipinski definition) is 4. The van der Waals surface area contributed by atoms with Crippen LogP contribution in [0.4, 0.5) is 0 Å². The minimum Gasteiger partial charge on any atom is -0.305 e. The van der Waals surface area contributed by atoms with Crippen molar-refractivity contribution in [2.24, 2.45) is 0 Å². The summed E-state index contributed by atoms with van der Waals surface area (Å²) in [5.74, 6) is 0. The van der Waals surface area contributed by atoms with Gasteiger partial charge in [0.2, 0.25) is 0 Å². The summed E-state index contributed by atoms with van der Waals surface area (Å²) < 4.78 is 0. The lowest BCUT2D eigenvalue weighted by molar-refractivity contribution is 0.128. The summed E-state index contributed by atoms with van der Waals surface area (Å²) in [7, 11) is 6.22. The molecule has 1 fully saturated rings. The Kier molecular flexibility index (Phi) is 5.38. The highest BCUT2D eigenvalue weighted by Gasteiger charge is 2.25. The van der Waals surface area contributed by atoms with E-state index in [1.807, 2.05) is 14.0 Å². The maximum atomic E-state index is 9.11. The van der Waals surface area contributed by atoms with Crippen molar-refractivity contribution < 1.29 is 0 Å². The molecule has 1 heterocycles. The third-order valence-electron chi connectivity index (χ3n) is 3.99. The van der Waals surface area contributed by atoms with Crippen LogP contribution in [0.1, 0.15) is 26.2 Å². The zero-order valence-corrected chi connectivity index (χ0v) is 11.7. The van der Waals surface area contributed by atoms with Crippen LogP contribution in [-0.2, 0) is 0 Å². The number of nitriles is 1. The van der Waals surface area contributed by atoms with Gasteiger partial charge in [0.25, 0.3) is 0 Å². The van der Waals surface area contributed by atoms with Crippen LogP contribution in [0.5, 0.6) is 0 Å². The Bertz CT molecular complexity index is 273. The van der Waals surface area contributed by atoms with Crippen molar-refractivity contribution in [1.82, 2.24) is 15.1 Å². The fourth-order valence-corrected chi connectivity index (χ4v) is 2.32. The number of nitrogens with zero attached hydrogens (tertiary/aromatic N) is 3. The van der Waals surface area contributed by atoms with Gasteiger partial charge in [0.05, 0.1) is 6.07 Å². The monoisotopic (exact) mass is 238 g/mol. The van der Waals surface area contributed by atoms with Gasteiger partial charge in [0.1, 0.15) is 5.54 Å². The average Bonchev–Trinajstić information content (AvgIpc) is 2.35. The number of hydrogen-bond donors (Lipinski definition) is 1. The van der Waals surface area contributed by atoms with Crippen molar-refractivity contribution in [3.63, 3.8) is 0 Å². The molecule has 0 aromatic rings. The van der Waals surface area contributed by atoms with Crippen molar-refractivity contribution in [1.29, 1.82) is 5.26 Å². The second kappa shape index (κ2) is 6.34. The summed E-state index contributed by atoms with van der Waals surface area (Å²) in [6.07, 6.45) is 3.44. The standard InChI is InChI=1S/C13H26N4/c1-13(11-14,15-2)7-9-17(4)12-6-5-8-16(3)10-12/h12,15H,5-10H2,1-4H3. The molecule has 1 aliphatic rings. The van der Waals surface area contributed by atoms with Gasteiger partial charge in [0, 0.05) is 19.1 Å². The molecule has 0 radical (unpaired) electrons. The van der Waals surface area contributed by atoms with E-state index < -0.39 is 5.54 Å². The number of piperidine rings is 1. The highest BCUT2D eigenvalue weighted by molar-refractivity contribution is 5.03. The Labute approximate surface area is 106 Å². The van der Waals surface area contributed by atoms with Gasteiger partial charge in [-0.2, -0.15) is 5.26 Å². The Hall–Kier alpha value is -0.630. The van der Waals surface area contributed by atoms with Crippen LogP contribution >= 0.6 is 0 Å². The van der Waals surface area contributed by atoms with Crippen molar-refractivity contribution >= 4 is 0 Å². The van der Waals surface area contributed by atoms with Gasteiger partial charge in [-0.05, 0) is 53.9 Å². The van der Waals surface area contributed by atoms with Crippen LogP contribution in [-0.4, -0.2) is 62.2 Å². The molecule has 0 aromatic carbocycles. The third kappa shape index (κ3) is 4.27. The quantitative estimate of drug-likeness (QED) is 0.773. The smallest absolute Gasteiger partial charge is 0.104 e. The molecule has 1 saturated heterocycles. The van der Waals surface area contributed by atoms with E-state index in [2.05, 4.69) is 35.3 Å². The molecule has 98 valence electrons. The molecule has 2 atom stereocenters. The molecular weight excluding hydrogens is 212 g/mol. The molecule has 1 rings (SSSR count). The fraction of sp³-hybridized carbons (Fsp3) is 0.923. The summed E-state index contributed by atoms with van der Waals surface area (Å²) in [5, 5.41) is 12.2. The maximum absolute atomic E-state index is 9.11. The largest absolute Gasteiger partial charge is 0.305 e. The second-order valence-corrected chi connectivity index (χ2v) is 5.48. The molecule has 4 heteroatoms. The van der Waals surface area contributed by atoms with E-state index in [1.54, 1.807) is 0 Å². The molecule has 1 N–H and O–H groups in total. The second-order valence-electron chi connectivity index (χ2n) is 5.48. The molecule has 0 aliphatic carbocycles. The zero-order valence-electron chi connectivity index (χ0n) is 11.7. The predicted molar refractivity (Wildman–Crippen MR) is 70.8 cm³/mol. The summed E-state index contributed by atoms with van der Waals surface area (Å²) in [4.78, 5) is 4.80. The van der Waals surface area contributed by atoms with Crippen LogP contribution < -0.4 is 5.32 Å². The van der Waals surface area contributed by atoms with E-state index in [1.165, 1.54) is 19.4 Å². The van der Waals surface area contributed by atoms with E-state index in [0.717, 1.165) is 19.5 Å². The molecule has 0 aromatic heterocycles. The average molecular weight is 238 g/mol. The molecule has 2 unspecified atom stereocenters. The van der Waals surface area contributed by atoms with E-state index in [0.29, 0.717) is 6.04 Å². The van der Waals surface area contributed by atoms with Gasteiger partial charge in [0.15, 0.2) is 0 Å². The Balaban J connectivity index is 2.39. The topological polar surface area (TPSA) is 42.3 Å². The van der Waals surface area contributed by atoms with E-state index in [4.69, 9.17) is 5.26 Å². The first kappa shape index (κ1) is 14.4. The van der Waals surface area contributed by atoms with Crippen LogP contribution in [0.15, 0.2) is 0 Å². The van der Waals surface area contributed by atoms with Crippen molar-refractivity contribution in [2.75, 3.05) is 40.8 Å². The molecule has 0 amide bonds. The molecule has 17 heavy (non-hydrogen) atoms. The minimum absolute atomic E-state index is 0.394. The summed E-state index contributed by atoms with van der Waals surface area (Å²) in [6.45, 7) is 5.31. The number of likely N-dealkylation sites (tertiary alicyclic amines) is 1. The fourth-order valence-electron chi connectivity index (χ4n) is 2.32. The molecule has 4 nitrogen and oxygen atoms in total. The first-order chi connectivity index (χ1) is 8.00. The molecule has 0 bridgehead atoms. The highest BCUT2D eigenvalue weighted by Crippen LogP contribution is 2.15. The first-order valence-corrected chi connectivity index (χ1v) is 6.49. The summed E-state index contributed by atoms with van der Waals surface area (Å²) >= 11 is 0. The first-order valence-electron chi connectivity index (χ1n) is 6.49. The maximum Gasteiger partial charge on any atom is 0.104 e. The Morgan fingerprint density at radius 3 is 2.82 bits per heavy atom. The van der Waals surface area contributed by atoms with Gasteiger partial charge in [-0.3, -0.25) is 0 Å². The minimum atomic E-state index is -0.394. The van der Waals surface area contributed by atoms with Crippen LogP contribution in [0.25, 0.3) is 0 Å². The van der Waals surface area contributed by atoms with E-state index in [-0.39, 0.29) is 0 Å². The molecule has 0 saturated carbocycles. The van der Waals surface area contributed by atoms with E-state index >= 15 is 0 Å². The number of nitrogens with one attached hydrogen (secondary N) is 1. The highest BCUT2D eigenvalue weighted by atomic mass is 15.2. The molecule has 0 spiro atoms. The number of likely N-dealkylation sites (N-methyl/N-ethyl adjacent to an activating group) is 2. The van der Waals surface area contributed by atoms with Crippen molar-refractivity contribution in [2.45, 2.75) is 37.8 Å². The number of rotatable bonds is 5. The van der Waals surface area contributed by atoms with Gasteiger partial charge in [-0.15, -0.1) is 0 Å². The van der Waals surface area contributed by atoms with E-state index in [9.17, 15) is 0 Å². The Morgan fingerprint density at radius 1 is 1.59 bits per heavy atom. The lowest BCUT2D eigenvalue weighted by Gasteiger charge is -2.36. The van der Waals surface area contributed by atoms with Gasteiger partial charge < -0.3 is 15.1 Å². The normalized spacial score (nSPS) is 25.5. The SMILES string of the molecule is CNC(C)(C#N)CCN(C)C1CCCN(C)C1. The summed E-state index contributed by atoms with van der Waals surface area (Å²) in [6, 6.07) is 2.99. The molecular formula is C13H26N4. The molecule has 1 aliphatic heterocycles. The van der Waals surface area contributed by atoms with Crippen LogP contribution in [0.3, 0.4) is 0 Å². The van der Waals surface area contributed by atoms with Gasteiger partial charge >= 0.3 is 0 Å². The van der Waals surface area contributed by atoms with Crippen LogP contribution in [0.2, 0.25) is 0 Å². The lowest BCUT2D eigenvalue weighted by atomic mass is 9.98. The van der Waals surface area contributed by atoms with Gasteiger partial charge in [-0.25, -0.2) is 0 Å². The van der Waals surface area contributed by atoms with Crippen LogP contribution in [0, 0.1) is 11.3 Å². The predicted octanol–water partition coefficient (Wildman–Crippen LogP) is 0.904. The Morgan fingerprint density at radius 2 is 2.29 bits per heavy atom.